The van der Waals surface area contributed by atoms with E-state index in [2.05, 4.69) is 31.8 Å². The summed E-state index contributed by atoms with van der Waals surface area (Å²) in [5, 5.41) is 0. The highest BCUT2D eigenvalue weighted by atomic mass is 28.3. The lowest BCUT2D eigenvalue weighted by Crippen LogP contribution is -2.17. The molecule has 1 aliphatic rings. The zero-order valence-electron chi connectivity index (χ0n) is 12.7. The summed E-state index contributed by atoms with van der Waals surface area (Å²) in [6, 6.07) is 1.32. The topological polar surface area (TPSA) is 9.23 Å². The van der Waals surface area contributed by atoms with Crippen LogP contribution in [0.3, 0.4) is 0 Å². The van der Waals surface area contributed by atoms with Gasteiger partial charge in [0.25, 0.3) is 0 Å². The van der Waals surface area contributed by atoms with Crippen molar-refractivity contribution in [3.8, 4) is 0 Å². The van der Waals surface area contributed by atoms with Crippen molar-refractivity contribution in [2.75, 3.05) is 7.11 Å². The van der Waals surface area contributed by atoms with Gasteiger partial charge in [0, 0.05) is 8.07 Å². The van der Waals surface area contributed by atoms with E-state index in [0.29, 0.717) is 0 Å². The molecule has 0 bridgehead atoms. The minimum absolute atomic E-state index is 0.773. The second-order valence-electron chi connectivity index (χ2n) is 6.68. The Morgan fingerprint density at radius 1 is 1.22 bits per heavy atom. The number of ether oxygens (including phenoxy) is 1. The molecule has 18 heavy (non-hydrogen) atoms. The molecule has 0 spiro atoms. The Hall–Kier alpha value is -0.503. The average Bonchev–Trinajstić information content (AvgIpc) is 2.29. The lowest BCUT2D eigenvalue weighted by molar-refractivity contribution is 0.315. The summed E-state index contributed by atoms with van der Waals surface area (Å²) in [7, 11) is 0.879. The van der Waals surface area contributed by atoms with Crippen molar-refractivity contribution in [1.82, 2.24) is 0 Å². The highest BCUT2D eigenvalue weighted by Gasteiger charge is 2.18. The summed E-state index contributed by atoms with van der Waals surface area (Å²) in [6.07, 6.45) is 14.7. The van der Waals surface area contributed by atoms with Crippen LogP contribution in [0.5, 0.6) is 0 Å². The lowest BCUT2D eigenvalue weighted by Gasteiger charge is -2.24. The normalized spacial score (nSPS) is 23.8. The Morgan fingerprint density at radius 3 is 2.67 bits per heavy atom. The van der Waals surface area contributed by atoms with Crippen molar-refractivity contribution in [3.63, 3.8) is 0 Å². The maximum atomic E-state index is 5.21. The molecule has 0 amide bonds. The fraction of sp³-hybridized carbons (Fsp3) is 0.750. The van der Waals surface area contributed by atoms with E-state index in [1.807, 2.05) is 6.26 Å². The van der Waals surface area contributed by atoms with Gasteiger partial charge in [-0.15, -0.1) is 0 Å². The second kappa shape index (κ2) is 7.83. The molecule has 1 rings (SSSR count). The molecular weight excluding hydrogens is 236 g/mol. The first-order valence-corrected chi connectivity index (χ1v) is 11.1. The van der Waals surface area contributed by atoms with Gasteiger partial charge in [0.2, 0.25) is 0 Å². The zero-order chi connectivity index (χ0) is 13.4. The van der Waals surface area contributed by atoms with E-state index in [0.717, 1.165) is 5.92 Å². The second-order valence-corrected chi connectivity index (χ2v) is 12.2. The first-order valence-electron chi connectivity index (χ1n) is 7.39. The molecule has 0 aromatic heterocycles. The highest BCUT2D eigenvalue weighted by molar-refractivity contribution is 6.76. The maximum Gasteiger partial charge on any atom is 0.0819 e. The molecule has 0 N–H and O–H groups in total. The molecule has 0 radical (unpaired) electrons. The third-order valence-electron chi connectivity index (χ3n) is 3.64. The first kappa shape index (κ1) is 15.6. The van der Waals surface area contributed by atoms with Crippen LogP contribution in [0.25, 0.3) is 0 Å². The van der Waals surface area contributed by atoms with E-state index < -0.39 is 8.07 Å². The van der Waals surface area contributed by atoms with Crippen LogP contribution in [-0.4, -0.2) is 15.2 Å². The average molecular weight is 267 g/mol. The monoisotopic (exact) mass is 266 g/mol. The van der Waals surface area contributed by atoms with Gasteiger partial charge in [-0.1, -0.05) is 38.2 Å². The molecule has 104 valence electrons. The van der Waals surface area contributed by atoms with E-state index in [9.17, 15) is 0 Å². The van der Waals surface area contributed by atoms with E-state index in [-0.39, 0.29) is 0 Å². The summed E-state index contributed by atoms with van der Waals surface area (Å²) in [5.41, 5.74) is 1.54. The summed E-state index contributed by atoms with van der Waals surface area (Å²) < 4.78 is 5.21. The van der Waals surface area contributed by atoms with E-state index >= 15 is 0 Å². The fourth-order valence-electron chi connectivity index (χ4n) is 2.60. The molecule has 1 nitrogen and oxygen atoms in total. The molecule has 1 saturated carbocycles. The third kappa shape index (κ3) is 6.44. The molecule has 2 heteroatoms. The summed E-state index contributed by atoms with van der Waals surface area (Å²) in [4.78, 5) is 0. The molecule has 0 aliphatic heterocycles. The largest absolute Gasteiger partial charge is 0.504 e. The molecule has 0 aromatic carbocycles. The van der Waals surface area contributed by atoms with Gasteiger partial charge in [0.1, 0.15) is 0 Å². The van der Waals surface area contributed by atoms with Crippen LogP contribution in [0.2, 0.25) is 25.7 Å². The maximum absolute atomic E-state index is 5.21. The highest BCUT2D eigenvalue weighted by Crippen LogP contribution is 2.32. The summed E-state index contributed by atoms with van der Waals surface area (Å²) in [6.45, 7) is 7.29. The van der Waals surface area contributed by atoms with Crippen molar-refractivity contribution >= 4 is 8.07 Å². The Morgan fingerprint density at radius 2 is 2.00 bits per heavy atom. The van der Waals surface area contributed by atoms with Crippen LogP contribution >= 0.6 is 0 Å². The van der Waals surface area contributed by atoms with Crippen molar-refractivity contribution in [2.24, 2.45) is 5.92 Å². The van der Waals surface area contributed by atoms with Gasteiger partial charge in [-0.2, -0.15) is 0 Å². The van der Waals surface area contributed by atoms with Gasteiger partial charge >= 0.3 is 0 Å². The van der Waals surface area contributed by atoms with E-state index in [1.54, 1.807) is 12.7 Å². The van der Waals surface area contributed by atoms with Gasteiger partial charge < -0.3 is 4.74 Å². The number of hydrogen-bond acceptors (Lipinski definition) is 1. The standard InChI is InChI=1S/C16H30OSi/c1-17-14-16-12-8-7-11-15(16)10-6-5-9-13-18(2,3)4/h5,9,14-15H,6-8,10-13H2,1-4H3. The van der Waals surface area contributed by atoms with Crippen LogP contribution in [0, 0.1) is 5.92 Å². The van der Waals surface area contributed by atoms with Crippen LogP contribution in [-0.2, 0) is 4.74 Å². The van der Waals surface area contributed by atoms with Gasteiger partial charge in [-0.3, -0.25) is 0 Å². The Balaban J connectivity index is 2.31. The summed E-state index contributed by atoms with van der Waals surface area (Å²) >= 11 is 0. The number of allylic oxidation sites excluding steroid dienone is 3. The van der Waals surface area contributed by atoms with Crippen molar-refractivity contribution < 1.29 is 4.74 Å². The van der Waals surface area contributed by atoms with Crippen LogP contribution < -0.4 is 0 Å². The van der Waals surface area contributed by atoms with Gasteiger partial charge in [0.15, 0.2) is 0 Å². The molecule has 1 unspecified atom stereocenters. The Kier molecular flexibility index (Phi) is 6.76. The quantitative estimate of drug-likeness (QED) is 0.356. The van der Waals surface area contributed by atoms with E-state index in [4.69, 9.17) is 4.74 Å². The summed E-state index contributed by atoms with van der Waals surface area (Å²) in [5.74, 6) is 0.773. The molecule has 0 aromatic rings. The van der Waals surface area contributed by atoms with Gasteiger partial charge in [0.05, 0.1) is 13.4 Å². The molecule has 1 fully saturated rings. The SMILES string of the molecule is COC=C1CCCCC1CCC=CC[Si](C)(C)C. The number of hydrogen-bond donors (Lipinski definition) is 0. The number of rotatable bonds is 6. The van der Waals surface area contributed by atoms with Gasteiger partial charge in [-0.05, 0) is 49.6 Å². The smallest absolute Gasteiger partial charge is 0.0819 e. The predicted molar refractivity (Wildman–Crippen MR) is 83.6 cm³/mol. The van der Waals surface area contributed by atoms with Crippen molar-refractivity contribution in [1.29, 1.82) is 0 Å². The Labute approximate surface area is 114 Å². The van der Waals surface area contributed by atoms with Crippen molar-refractivity contribution in [2.45, 2.75) is 64.2 Å². The Bertz CT molecular complexity index is 286. The zero-order valence-corrected chi connectivity index (χ0v) is 13.7. The molecule has 0 heterocycles. The van der Waals surface area contributed by atoms with Gasteiger partial charge in [-0.25, -0.2) is 0 Å². The minimum Gasteiger partial charge on any atom is -0.504 e. The third-order valence-corrected chi connectivity index (χ3v) is 5.10. The predicted octanol–water partition coefficient (Wildman–Crippen LogP) is 5.38. The van der Waals surface area contributed by atoms with Crippen LogP contribution in [0.1, 0.15) is 38.5 Å². The first-order chi connectivity index (χ1) is 8.53. The lowest BCUT2D eigenvalue weighted by atomic mass is 9.82. The molecular formula is C16H30OSi. The molecule has 0 saturated heterocycles. The van der Waals surface area contributed by atoms with Crippen LogP contribution in [0.4, 0.5) is 0 Å². The molecule has 1 aliphatic carbocycles. The van der Waals surface area contributed by atoms with E-state index in [1.165, 1.54) is 44.6 Å². The minimum atomic E-state index is -0.891. The number of methoxy groups -OCH3 is 1. The fourth-order valence-corrected chi connectivity index (χ4v) is 3.47. The van der Waals surface area contributed by atoms with Crippen LogP contribution in [0.15, 0.2) is 24.0 Å². The van der Waals surface area contributed by atoms with Crippen molar-refractivity contribution in [3.05, 3.63) is 24.0 Å². The molecule has 1 atom stereocenters.